The summed E-state index contributed by atoms with van der Waals surface area (Å²) in [6.07, 6.45) is 0.323. The van der Waals surface area contributed by atoms with Crippen molar-refractivity contribution in [2.45, 2.75) is 30.4 Å². The van der Waals surface area contributed by atoms with Crippen LogP contribution in [0, 0.1) is 0 Å². The lowest BCUT2D eigenvalue weighted by Gasteiger charge is -2.23. The van der Waals surface area contributed by atoms with Crippen LogP contribution in [0.2, 0.25) is 0 Å². The highest BCUT2D eigenvalue weighted by atomic mass is 32.2. The number of thiol groups is 1. The van der Waals surface area contributed by atoms with E-state index in [9.17, 15) is 18.0 Å². The highest BCUT2D eigenvalue weighted by molar-refractivity contribution is 7.88. The van der Waals surface area contributed by atoms with E-state index in [1.54, 1.807) is 55.5 Å². The van der Waals surface area contributed by atoms with E-state index in [2.05, 4.69) is 17.9 Å². The van der Waals surface area contributed by atoms with Crippen LogP contribution in [0.25, 0.3) is 0 Å². The number of hydrogen-bond donors (Lipinski definition) is 2. The second-order valence-electron chi connectivity index (χ2n) is 7.00. The van der Waals surface area contributed by atoms with Gasteiger partial charge in [-0.25, -0.2) is 13.2 Å². The van der Waals surface area contributed by atoms with Crippen molar-refractivity contribution in [1.82, 2.24) is 4.31 Å². The predicted octanol–water partition coefficient (Wildman–Crippen LogP) is 2.70. The average molecular weight is 449 g/mol. The van der Waals surface area contributed by atoms with Gasteiger partial charge in [0, 0.05) is 17.5 Å². The van der Waals surface area contributed by atoms with Crippen molar-refractivity contribution < 1.29 is 22.7 Å². The Kier molecular flexibility index (Phi) is 7.17. The third-order valence-corrected chi connectivity index (χ3v) is 6.94. The van der Waals surface area contributed by atoms with Gasteiger partial charge in [-0.1, -0.05) is 30.3 Å². The molecule has 30 heavy (non-hydrogen) atoms. The highest BCUT2D eigenvalue weighted by Crippen LogP contribution is 2.28. The van der Waals surface area contributed by atoms with E-state index in [0.717, 1.165) is 0 Å². The number of ether oxygens (including phenoxy) is 1. The number of rotatable bonds is 7. The molecule has 1 amide bonds. The Balaban J connectivity index is 1.71. The van der Waals surface area contributed by atoms with Crippen molar-refractivity contribution in [3.8, 4) is 0 Å². The molecule has 1 fully saturated rings. The predicted molar refractivity (Wildman–Crippen MR) is 118 cm³/mol. The number of anilines is 1. The van der Waals surface area contributed by atoms with Gasteiger partial charge in [0.25, 0.3) is 0 Å². The van der Waals surface area contributed by atoms with Crippen molar-refractivity contribution >= 4 is 40.2 Å². The molecule has 160 valence electrons. The number of hydrogen-bond acceptors (Lipinski definition) is 6. The summed E-state index contributed by atoms with van der Waals surface area (Å²) >= 11 is 4.41. The van der Waals surface area contributed by atoms with Gasteiger partial charge in [0.1, 0.15) is 6.04 Å². The number of sulfonamides is 1. The molecule has 2 aromatic carbocycles. The molecule has 2 atom stereocenters. The molecule has 1 heterocycles. The van der Waals surface area contributed by atoms with Gasteiger partial charge < -0.3 is 10.1 Å². The maximum atomic E-state index is 13.0. The molecule has 0 saturated carbocycles. The van der Waals surface area contributed by atoms with Crippen molar-refractivity contribution in [1.29, 1.82) is 0 Å². The van der Waals surface area contributed by atoms with Gasteiger partial charge >= 0.3 is 5.97 Å². The Morgan fingerprint density at radius 2 is 1.80 bits per heavy atom. The van der Waals surface area contributed by atoms with Crippen LogP contribution in [0.4, 0.5) is 5.69 Å². The van der Waals surface area contributed by atoms with Crippen molar-refractivity contribution in [2.24, 2.45) is 0 Å². The largest absolute Gasteiger partial charge is 0.462 e. The Morgan fingerprint density at radius 1 is 1.13 bits per heavy atom. The van der Waals surface area contributed by atoms with Crippen LogP contribution in [0.5, 0.6) is 0 Å². The molecule has 1 aliphatic rings. The molecule has 3 rings (SSSR count). The van der Waals surface area contributed by atoms with Crippen molar-refractivity contribution in [3.63, 3.8) is 0 Å². The van der Waals surface area contributed by atoms with E-state index < -0.39 is 27.9 Å². The molecule has 9 heteroatoms. The van der Waals surface area contributed by atoms with Crippen LogP contribution in [0.3, 0.4) is 0 Å². The number of carbonyl (C=O) groups excluding carboxylic acids is 2. The number of amides is 1. The van der Waals surface area contributed by atoms with E-state index in [4.69, 9.17) is 4.74 Å². The lowest BCUT2D eigenvalue weighted by Crippen LogP contribution is -2.43. The van der Waals surface area contributed by atoms with E-state index in [1.165, 1.54) is 4.31 Å². The number of carbonyl (C=O) groups is 2. The Morgan fingerprint density at radius 3 is 2.43 bits per heavy atom. The maximum Gasteiger partial charge on any atom is 0.338 e. The molecule has 1 saturated heterocycles. The highest BCUT2D eigenvalue weighted by Gasteiger charge is 2.42. The Hall–Kier alpha value is -2.36. The van der Waals surface area contributed by atoms with Crippen LogP contribution >= 0.6 is 12.6 Å². The summed E-state index contributed by atoms with van der Waals surface area (Å²) in [6, 6.07) is 14.3. The fourth-order valence-corrected chi connectivity index (χ4v) is 5.57. The second-order valence-corrected chi connectivity index (χ2v) is 9.66. The lowest BCUT2D eigenvalue weighted by molar-refractivity contribution is -0.119. The van der Waals surface area contributed by atoms with Crippen molar-refractivity contribution in [2.75, 3.05) is 18.5 Å². The van der Waals surface area contributed by atoms with Gasteiger partial charge in [-0.2, -0.15) is 16.9 Å². The van der Waals surface area contributed by atoms with Crippen LogP contribution in [0.15, 0.2) is 54.6 Å². The summed E-state index contributed by atoms with van der Waals surface area (Å²) < 4.78 is 32.1. The monoisotopic (exact) mass is 448 g/mol. The molecule has 2 aromatic rings. The number of nitrogens with zero attached hydrogens (tertiary/aromatic N) is 1. The van der Waals surface area contributed by atoms with E-state index in [0.29, 0.717) is 23.2 Å². The number of esters is 1. The topological polar surface area (TPSA) is 92.8 Å². The minimum atomic E-state index is -3.69. The lowest BCUT2D eigenvalue weighted by atomic mass is 10.2. The molecular formula is C21H24N2O5S2. The Labute approximate surface area is 181 Å². The molecule has 0 aliphatic carbocycles. The molecule has 7 nitrogen and oxygen atoms in total. The smallest absolute Gasteiger partial charge is 0.338 e. The molecule has 1 aliphatic heterocycles. The normalized spacial score (nSPS) is 19.4. The number of benzene rings is 2. The van der Waals surface area contributed by atoms with Gasteiger partial charge in [0.2, 0.25) is 15.9 Å². The van der Waals surface area contributed by atoms with Crippen molar-refractivity contribution in [3.05, 3.63) is 65.7 Å². The Bertz CT molecular complexity index is 994. The van der Waals surface area contributed by atoms with Gasteiger partial charge in [0.15, 0.2) is 0 Å². The summed E-state index contributed by atoms with van der Waals surface area (Å²) in [7, 11) is -3.69. The fourth-order valence-electron chi connectivity index (χ4n) is 3.33. The second kappa shape index (κ2) is 9.63. The first-order valence-corrected chi connectivity index (χ1v) is 11.7. The zero-order valence-corrected chi connectivity index (χ0v) is 18.2. The third-order valence-electron chi connectivity index (χ3n) is 4.75. The average Bonchev–Trinajstić information content (AvgIpc) is 3.12. The van der Waals surface area contributed by atoms with Gasteiger partial charge in [-0.05, 0) is 43.2 Å². The first-order valence-electron chi connectivity index (χ1n) is 9.59. The van der Waals surface area contributed by atoms with Gasteiger partial charge in [-0.3, -0.25) is 4.79 Å². The standard InChI is InChI=1S/C21H24N2O5S2/c1-2-28-21(25)16-8-10-17(11-9-16)22-20(24)19-12-18(29)13-23(19)30(26,27)14-15-6-4-3-5-7-15/h3-11,18-19,29H,2,12-14H2,1H3,(H,22,24)/t18-,19-/m0/s1. The zero-order valence-electron chi connectivity index (χ0n) is 16.5. The minimum Gasteiger partial charge on any atom is -0.462 e. The fraction of sp³-hybridized carbons (Fsp3) is 0.333. The summed E-state index contributed by atoms with van der Waals surface area (Å²) in [5.74, 6) is -1.04. The minimum absolute atomic E-state index is 0.174. The van der Waals surface area contributed by atoms with Crippen LogP contribution in [-0.4, -0.2) is 49.0 Å². The summed E-state index contributed by atoms with van der Waals surface area (Å²) in [5.41, 5.74) is 1.50. The molecular weight excluding hydrogens is 424 g/mol. The third kappa shape index (κ3) is 5.41. The molecule has 0 unspecified atom stereocenters. The van der Waals surface area contributed by atoms with Crippen LogP contribution in [0.1, 0.15) is 29.3 Å². The summed E-state index contributed by atoms with van der Waals surface area (Å²) in [6.45, 7) is 2.18. The molecule has 0 radical (unpaired) electrons. The van der Waals surface area contributed by atoms with E-state index in [-0.39, 0.29) is 24.2 Å². The molecule has 0 bridgehead atoms. The maximum absolute atomic E-state index is 13.0. The van der Waals surface area contributed by atoms with E-state index >= 15 is 0 Å². The quantitative estimate of drug-likeness (QED) is 0.502. The first kappa shape index (κ1) is 22.3. The zero-order chi connectivity index (χ0) is 21.7. The molecule has 1 N–H and O–H groups in total. The van der Waals surface area contributed by atoms with Crippen LogP contribution in [-0.2, 0) is 25.3 Å². The SMILES string of the molecule is CCOC(=O)c1ccc(NC(=O)[C@@H]2C[C@H](S)CN2S(=O)(=O)Cc2ccccc2)cc1. The van der Waals surface area contributed by atoms with Crippen LogP contribution < -0.4 is 5.32 Å². The summed E-state index contributed by atoms with van der Waals surface area (Å²) in [4.78, 5) is 24.6. The van der Waals surface area contributed by atoms with Gasteiger partial charge in [0.05, 0.1) is 17.9 Å². The molecule has 0 aromatic heterocycles. The van der Waals surface area contributed by atoms with E-state index in [1.807, 2.05) is 6.07 Å². The summed E-state index contributed by atoms with van der Waals surface area (Å²) in [5, 5.41) is 2.51. The van der Waals surface area contributed by atoms with Gasteiger partial charge in [-0.15, -0.1) is 0 Å². The number of nitrogens with one attached hydrogen (secondary N) is 1. The molecule has 0 spiro atoms. The first-order chi connectivity index (χ1) is 14.3.